The second kappa shape index (κ2) is 6.12. The van der Waals surface area contributed by atoms with Crippen LogP contribution >= 0.6 is 0 Å². The van der Waals surface area contributed by atoms with Crippen LogP contribution in [0.1, 0.15) is 20.8 Å². The summed E-state index contributed by atoms with van der Waals surface area (Å²) in [5, 5.41) is 16.1. The minimum atomic E-state index is -1.11. The Hall–Kier alpha value is -1.44. The van der Waals surface area contributed by atoms with Gasteiger partial charge in [-0.1, -0.05) is 20.8 Å². The average molecular weight is 221 g/mol. The summed E-state index contributed by atoms with van der Waals surface area (Å²) in [4.78, 5) is 28.5. The molecule has 0 aromatic heterocycles. The molecule has 5 N–H and O–H groups in total. The fourth-order valence-corrected chi connectivity index (χ4v) is 0.775. The van der Waals surface area contributed by atoms with Crippen molar-refractivity contribution in [1.29, 1.82) is 0 Å². The van der Waals surface area contributed by atoms with Crippen LogP contribution in [-0.4, -0.2) is 22.5 Å². The van der Waals surface area contributed by atoms with Crippen molar-refractivity contribution in [2.45, 2.75) is 20.8 Å². The van der Waals surface area contributed by atoms with E-state index in [1.165, 1.54) is 0 Å². The highest BCUT2D eigenvalue weighted by atomic mass is 17.1. The summed E-state index contributed by atoms with van der Waals surface area (Å²) in [6.07, 6.45) is 0.749. The standard InChI is InChI=1S/C8H12O6.H3N/c1-8(2,3)5(7(10)14-12)4-6(9)13-11;/h4,11-12H,1-3H3;1H3/b5-4+;. The molecule has 0 unspecified atom stereocenters. The maximum Gasteiger partial charge on any atom is 0.369 e. The van der Waals surface area contributed by atoms with Crippen LogP contribution < -0.4 is 6.15 Å². The SMILES string of the molecule is CC(C)(C)/C(=C/C(=O)OO)C(=O)OO.N. The molecule has 0 heterocycles. The molecule has 7 heteroatoms. The third-order valence-electron chi connectivity index (χ3n) is 1.46. The summed E-state index contributed by atoms with van der Waals surface area (Å²) in [7, 11) is 0. The van der Waals surface area contributed by atoms with Gasteiger partial charge < -0.3 is 6.15 Å². The summed E-state index contributed by atoms with van der Waals surface area (Å²) < 4.78 is 0. The van der Waals surface area contributed by atoms with E-state index in [0.717, 1.165) is 6.08 Å². The number of rotatable bonds is 2. The Labute approximate surface area is 86.7 Å². The fraction of sp³-hybridized carbons (Fsp3) is 0.500. The Morgan fingerprint density at radius 2 is 1.60 bits per heavy atom. The highest BCUT2D eigenvalue weighted by Gasteiger charge is 2.27. The molecule has 0 aliphatic rings. The third kappa shape index (κ3) is 5.11. The lowest BCUT2D eigenvalue weighted by Crippen LogP contribution is -2.21. The topological polar surface area (TPSA) is 128 Å². The third-order valence-corrected chi connectivity index (χ3v) is 1.46. The van der Waals surface area contributed by atoms with Crippen molar-refractivity contribution in [2.75, 3.05) is 0 Å². The van der Waals surface area contributed by atoms with Crippen LogP contribution in [0.5, 0.6) is 0 Å². The number of carbonyl (C=O) groups is 2. The largest absolute Gasteiger partial charge is 0.369 e. The molecule has 88 valence electrons. The van der Waals surface area contributed by atoms with Gasteiger partial charge in [0.1, 0.15) is 0 Å². The number of hydrogen-bond donors (Lipinski definition) is 3. The van der Waals surface area contributed by atoms with Gasteiger partial charge in [0, 0.05) is 6.08 Å². The summed E-state index contributed by atoms with van der Waals surface area (Å²) >= 11 is 0. The Bertz CT molecular complexity index is 265. The van der Waals surface area contributed by atoms with Crippen molar-refractivity contribution < 1.29 is 29.9 Å². The van der Waals surface area contributed by atoms with Gasteiger partial charge >= 0.3 is 11.9 Å². The molecule has 0 spiro atoms. The first-order valence-electron chi connectivity index (χ1n) is 3.76. The zero-order valence-electron chi connectivity index (χ0n) is 8.81. The van der Waals surface area contributed by atoms with Gasteiger partial charge in [-0.25, -0.2) is 9.59 Å². The van der Waals surface area contributed by atoms with Gasteiger partial charge in [-0.05, 0) is 5.41 Å². The quantitative estimate of drug-likeness (QED) is 0.362. The zero-order valence-corrected chi connectivity index (χ0v) is 8.81. The second-order valence-electron chi connectivity index (χ2n) is 3.60. The van der Waals surface area contributed by atoms with Crippen LogP contribution in [0.4, 0.5) is 0 Å². The number of carbonyl (C=O) groups excluding carboxylic acids is 2. The zero-order chi connectivity index (χ0) is 11.4. The van der Waals surface area contributed by atoms with E-state index < -0.39 is 17.4 Å². The first kappa shape index (κ1) is 16.0. The summed E-state index contributed by atoms with van der Waals surface area (Å²) in [5.41, 5.74) is -0.826. The molecule has 0 rings (SSSR count). The van der Waals surface area contributed by atoms with Gasteiger partial charge in [0.25, 0.3) is 0 Å². The Morgan fingerprint density at radius 1 is 1.13 bits per heavy atom. The van der Waals surface area contributed by atoms with E-state index in [2.05, 4.69) is 9.78 Å². The minimum absolute atomic E-state index is 0. The van der Waals surface area contributed by atoms with Gasteiger partial charge in [-0.2, -0.15) is 10.5 Å². The van der Waals surface area contributed by atoms with E-state index in [1.807, 2.05) is 0 Å². The van der Waals surface area contributed by atoms with Crippen molar-refractivity contribution in [3.05, 3.63) is 11.6 Å². The van der Waals surface area contributed by atoms with Gasteiger partial charge in [0.05, 0.1) is 5.57 Å². The molecule has 7 nitrogen and oxygen atoms in total. The van der Waals surface area contributed by atoms with Crippen LogP contribution in [0.3, 0.4) is 0 Å². The normalized spacial score (nSPS) is 11.4. The first-order chi connectivity index (χ1) is 6.32. The van der Waals surface area contributed by atoms with Crippen molar-refractivity contribution >= 4 is 11.9 Å². The van der Waals surface area contributed by atoms with Crippen LogP contribution in [0.2, 0.25) is 0 Å². The lowest BCUT2D eigenvalue weighted by molar-refractivity contribution is -0.232. The van der Waals surface area contributed by atoms with Crippen molar-refractivity contribution in [1.82, 2.24) is 6.15 Å². The molecule has 0 saturated heterocycles. The second-order valence-corrected chi connectivity index (χ2v) is 3.60. The molecule has 0 atom stereocenters. The summed E-state index contributed by atoms with van der Waals surface area (Å²) in [6.45, 7) is 4.88. The highest BCUT2D eigenvalue weighted by molar-refractivity contribution is 5.96. The first-order valence-corrected chi connectivity index (χ1v) is 3.76. The van der Waals surface area contributed by atoms with Crippen molar-refractivity contribution in [3.8, 4) is 0 Å². The fourth-order valence-electron chi connectivity index (χ4n) is 0.775. The van der Waals surface area contributed by atoms with E-state index in [-0.39, 0.29) is 11.7 Å². The molecule has 0 aromatic carbocycles. The number of hydrogen-bond acceptors (Lipinski definition) is 7. The maximum absolute atomic E-state index is 11.0. The molecule has 15 heavy (non-hydrogen) atoms. The smallest absolute Gasteiger partial charge is 0.344 e. The van der Waals surface area contributed by atoms with E-state index >= 15 is 0 Å². The lowest BCUT2D eigenvalue weighted by Gasteiger charge is -2.19. The van der Waals surface area contributed by atoms with Crippen LogP contribution in [0.15, 0.2) is 11.6 Å². The lowest BCUT2D eigenvalue weighted by atomic mass is 9.86. The summed E-state index contributed by atoms with van der Waals surface area (Å²) in [6, 6.07) is 0. The molecular weight excluding hydrogens is 206 g/mol. The molecule has 0 radical (unpaired) electrons. The Balaban J connectivity index is 0. The van der Waals surface area contributed by atoms with Gasteiger partial charge in [0.2, 0.25) is 0 Å². The van der Waals surface area contributed by atoms with Crippen LogP contribution in [0, 0.1) is 5.41 Å². The molecular formula is C8H15NO6. The highest BCUT2D eigenvalue weighted by Crippen LogP contribution is 2.25. The molecule has 0 fully saturated rings. The Kier molecular flexibility index (Phi) is 6.53. The maximum atomic E-state index is 11.0. The van der Waals surface area contributed by atoms with Gasteiger partial charge in [-0.3, -0.25) is 9.78 Å². The van der Waals surface area contributed by atoms with Crippen LogP contribution in [0.25, 0.3) is 0 Å². The monoisotopic (exact) mass is 221 g/mol. The summed E-state index contributed by atoms with van der Waals surface area (Å²) in [5.74, 6) is -2.18. The minimum Gasteiger partial charge on any atom is -0.344 e. The van der Waals surface area contributed by atoms with Gasteiger partial charge in [0.15, 0.2) is 0 Å². The molecule has 0 aliphatic carbocycles. The average Bonchev–Trinajstić information content (AvgIpc) is 2.10. The van der Waals surface area contributed by atoms with E-state index in [4.69, 9.17) is 10.5 Å². The molecule has 0 aromatic rings. The van der Waals surface area contributed by atoms with Crippen molar-refractivity contribution in [2.24, 2.45) is 5.41 Å². The Morgan fingerprint density at radius 3 is 1.87 bits per heavy atom. The molecule has 0 saturated carbocycles. The molecule has 0 amide bonds. The van der Waals surface area contributed by atoms with E-state index in [1.54, 1.807) is 20.8 Å². The molecule has 0 bridgehead atoms. The predicted octanol–water partition coefficient (Wildman–Crippen LogP) is 1.15. The van der Waals surface area contributed by atoms with Crippen molar-refractivity contribution in [3.63, 3.8) is 0 Å². The predicted molar refractivity (Wildman–Crippen MR) is 50.0 cm³/mol. The van der Waals surface area contributed by atoms with E-state index in [0.29, 0.717) is 0 Å². The van der Waals surface area contributed by atoms with Gasteiger partial charge in [-0.15, -0.1) is 0 Å². The van der Waals surface area contributed by atoms with Crippen LogP contribution in [-0.2, 0) is 19.4 Å². The molecule has 0 aliphatic heterocycles. The van der Waals surface area contributed by atoms with E-state index in [9.17, 15) is 9.59 Å².